The first kappa shape index (κ1) is 14.0. The fraction of sp³-hybridized carbons (Fsp3) is 0.385. The molecule has 0 aliphatic rings. The van der Waals surface area contributed by atoms with Crippen molar-refractivity contribution >= 4 is 17.2 Å². The minimum Gasteiger partial charge on any atom is -0.330 e. The quantitative estimate of drug-likeness (QED) is 0.892. The summed E-state index contributed by atoms with van der Waals surface area (Å²) in [5, 5.41) is 0.518. The van der Waals surface area contributed by atoms with E-state index in [-0.39, 0.29) is 5.56 Å². The molecule has 0 saturated heterocycles. The predicted octanol–water partition coefficient (Wildman–Crippen LogP) is 1.13. The van der Waals surface area contributed by atoms with Gasteiger partial charge in [0.1, 0.15) is 5.65 Å². The molecule has 0 aromatic carbocycles. The molecule has 0 unspecified atom stereocenters. The van der Waals surface area contributed by atoms with Crippen LogP contribution in [0.1, 0.15) is 12.1 Å². The second-order valence-corrected chi connectivity index (χ2v) is 4.98. The number of hydrogen-bond acceptors (Lipinski definition) is 4. The Morgan fingerprint density at radius 1 is 1.47 bits per heavy atom. The normalized spacial score (nSPS) is 11.4. The van der Waals surface area contributed by atoms with Gasteiger partial charge in [0.2, 0.25) is 0 Å². The highest BCUT2D eigenvalue weighted by Gasteiger charge is 2.05. The summed E-state index contributed by atoms with van der Waals surface area (Å²) in [7, 11) is 1.99. The van der Waals surface area contributed by atoms with E-state index in [2.05, 4.69) is 9.88 Å². The average Bonchev–Trinajstić information content (AvgIpc) is 2.37. The lowest BCUT2D eigenvalue weighted by molar-refractivity contribution is 0.320. The third kappa shape index (κ3) is 3.53. The maximum absolute atomic E-state index is 12.0. The van der Waals surface area contributed by atoms with E-state index in [1.54, 1.807) is 24.4 Å². The van der Waals surface area contributed by atoms with Crippen LogP contribution in [0, 0.1) is 0 Å². The Bertz CT molecular complexity index is 626. The standard InChI is InChI=1S/C13H17ClN4O/c1-17(6-2-5-15)9-11-7-13(19)18-8-10(14)3-4-12(18)16-11/h3-4,7-8H,2,5-6,9,15H2,1H3. The zero-order chi connectivity index (χ0) is 13.8. The van der Waals surface area contributed by atoms with E-state index in [4.69, 9.17) is 17.3 Å². The molecular weight excluding hydrogens is 264 g/mol. The Hall–Kier alpha value is -1.43. The van der Waals surface area contributed by atoms with Gasteiger partial charge in [0.25, 0.3) is 5.56 Å². The second-order valence-electron chi connectivity index (χ2n) is 4.54. The van der Waals surface area contributed by atoms with Gasteiger partial charge >= 0.3 is 0 Å². The number of pyridine rings is 1. The molecule has 0 atom stereocenters. The average molecular weight is 281 g/mol. The molecule has 2 N–H and O–H groups in total. The molecule has 0 aliphatic carbocycles. The van der Waals surface area contributed by atoms with Gasteiger partial charge in [-0.05, 0) is 38.7 Å². The Morgan fingerprint density at radius 3 is 3.00 bits per heavy atom. The van der Waals surface area contributed by atoms with Crippen LogP contribution in [-0.2, 0) is 6.54 Å². The van der Waals surface area contributed by atoms with E-state index in [1.165, 1.54) is 4.40 Å². The Kier molecular flexibility index (Phi) is 4.52. The summed E-state index contributed by atoms with van der Waals surface area (Å²) in [6.07, 6.45) is 2.51. The minimum atomic E-state index is -0.116. The second kappa shape index (κ2) is 6.14. The topological polar surface area (TPSA) is 63.6 Å². The molecule has 0 spiro atoms. The van der Waals surface area contributed by atoms with E-state index < -0.39 is 0 Å². The van der Waals surface area contributed by atoms with Crippen molar-refractivity contribution in [3.63, 3.8) is 0 Å². The largest absolute Gasteiger partial charge is 0.330 e. The number of nitrogens with zero attached hydrogens (tertiary/aromatic N) is 3. The zero-order valence-corrected chi connectivity index (χ0v) is 11.6. The number of fused-ring (bicyclic) bond motifs is 1. The molecule has 0 saturated carbocycles. The van der Waals surface area contributed by atoms with Gasteiger partial charge in [0.05, 0.1) is 10.7 Å². The molecule has 6 heteroatoms. The van der Waals surface area contributed by atoms with Crippen LogP contribution in [0.15, 0.2) is 29.2 Å². The number of nitrogens with two attached hydrogens (primary N) is 1. The van der Waals surface area contributed by atoms with Gasteiger partial charge < -0.3 is 10.6 Å². The lowest BCUT2D eigenvalue weighted by Gasteiger charge is -2.15. The van der Waals surface area contributed by atoms with Crippen LogP contribution in [0.4, 0.5) is 0 Å². The number of rotatable bonds is 5. The summed E-state index contributed by atoms with van der Waals surface area (Å²) < 4.78 is 1.45. The van der Waals surface area contributed by atoms with Crippen molar-refractivity contribution in [1.82, 2.24) is 14.3 Å². The highest BCUT2D eigenvalue weighted by Crippen LogP contribution is 2.09. The van der Waals surface area contributed by atoms with Gasteiger partial charge in [-0.3, -0.25) is 9.20 Å². The molecule has 0 aliphatic heterocycles. The lowest BCUT2D eigenvalue weighted by Crippen LogP contribution is -2.24. The molecule has 0 fully saturated rings. The number of halogens is 1. The maximum Gasteiger partial charge on any atom is 0.258 e. The van der Waals surface area contributed by atoms with Crippen molar-refractivity contribution in [1.29, 1.82) is 0 Å². The highest BCUT2D eigenvalue weighted by atomic mass is 35.5. The minimum absolute atomic E-state index is 0.116. The molecule has 19 heavy (non-hydrogen) atoms. The van der Waals surface area contributed by atoms with Crippen LogP contribution in [0.3, 0.4) is 0 Å². The van der Waals surface area contributed by atoms with Crippen LogP contribution in [-0.4, -0.2) is 34.4 Å². The maximum atomic E-state index is 12.0. The van der Waals surface area contributed by atoms with Gasteiger partial charge in [-0.2, -0.15) is 0 Å². The van der Waals surface area contributed by atoms with Gasteiger partial charge in [-0.15, -0.1) is 0 Å². The molecule has 5 nitrogen and oxygen atoms in total. The molecule has 2 rings (SSSR count). The third-order valence-corrected chi connectivity index (χ3v) is 3.08. The van der Waals surface area contributed by atoms with E-state index in [0.29, 0.717) is 23.8 Å². The van der Waals surface area contributed by atoms with E-state index in [1.807, 2.05) is 7.05 Å². The molecule has 2 aromatic heterocycles. The van der Waals surface area contributed by atoms with Crippen LogP contribution in [0.5, 0.6) is 0 Å². The van der Waals surface area contributed by atoms with E-state index in [0.717, 1.165) is 18.7 Å². The van der Waals surface area contributed by atoms with E-state index >= 15 is 0 Å². The fourth-order valence-electron chi connectivity index (χ4n) is 1.92. The van der Waals surface area contributed by atoms with Crippen molar-refractivity contribution in [2.75, 3.05) is 20.1 Å². The molecule has 2 heterocycles. The summed E-state index contributed by atoms with van der Waals surface area (Å²) in [6.45, 7) is 2.18. The van der Waals surface area contributed by atoms with Crippen molar-refractivity contribution in [2.45, 2.75) is 13.0 Å². The Morgan fingerprint density at radius 2 is 2.26 bits per heavy atom. The first-order chi connectivity index (χ1) is 9.10. The fourth-order valence-corrected chi connectivity index (χ4v) is 2.08. The molecular formula is C13H17ClN4O. The Balaban J connectivity index is 2.26. The van der Waals surface area contributed by atoms with Crippen LogP contribution < -0.4 is 11.3 Å². The van der Waals surface area contributed by atoms with E-state index in [9.17, 15) is 4.79 Å². The smallest absolute Gasteiger partial charge is 0.258 e. The van der Waals surface area contributed by atoms with Crippen molar-refractivity contribution in [2.24, 2.45) is 5.73 Å². The van der Waals surface area contributed by atoms with Gasteiger partial charge in [-0.1, -0.05) is 11.6 Å². The van der Waals surface area contributed by atoms with Crippen LogP contribution >= 0.6 is 11.6 Å². The summed E-state index contributed by atoms with van der Waals surface area (Å²) in [4.78, 5) is 18.5. The van der Waals surface area contributed by atoms with Crippen molar-refractivity contribution in [3.8, 4) is 0 Å². The van der Waals surface area contributed by atoms with Crippen molar-refractivity contribution in [3.05, 3.63) is 45.5 Å². The summed E-state index contributed by atoms with van der Waals surface area (Å²) in [5.41, 5.74) is 6.73. The van der Waals surface area contributed by atoms with Crippen LogP contribution in [0.25, 0.3) is 5.65 Å². The summed E-state index contributed by atoms with van der Waals surface area (Å²) in [5.74, 6) is 0. The number of aromatic nitrogens is 2. The van der Waals surface area contributed by atoms with Crippen molar-refractivity contribution < 1.29 is 0 Å². The van der Waals surface area contributed by atoms with Crippen LogP contribution in [0.2, 0.25) is 5.02 Å². The third-order valence-electron chi connectivity index (χ3n) is 2.85. The van der Waals surface area contributed by atoms with Gasteiger partial charge in [0.15, 0.2) is 0 Å². The molecule has 102 valence electrons. The molecule has 2 aromatic rings. The lowest BCUT2D eigenvalue weighted by atomic mass is 10.3. The molecule has 0 radical (unpaired) electrons. The summed E-state index contributed by atoms with van der Waals surface area (Å²) in [6, 6.07) is 5.01. The monoisotopic (exact) mass is 280 g/mol. The Labute approximate surface area is 116 Å². The predicted molar refractivity (Wildman–Crippen MR) is 76.5 cm³/mol. The number of hydrogen-bond donors (Lipinski definition) is 1. The first-order valence-corrected chi connectivity index (χ1v) is 6.54. The van der Waals surface area contributed by atoms with Gasteiger partial charge in [0, 0.05) is 18.8 Å². The first-order valence-electron chi connectivity index (χ1n) is 6.16. The SMILES string of the molecule is CN(CCCN)Cc1cc(=O)n2cc(Cl)ccc2n1. The van der Waals surface area contributed by atoms with Gasteiger partial charge in [-0.25, -0.2) is 4.98 Å². The highest BCUT2D eigenvalue weighted by molar-refractivity contribution is 6.30. The summed E-state index contributed by atoms with van der Waals surface area (Å²) >= 11 is 5.86. The molecule has 0 amide bonds. The molecule has 0 bridgehead atoms. The zero-order valence-electron chi connectivity index (χ0n) is 10.8.